The van der Waals surface area contributed by atoms with E-state index < -0.39 is 0 Å². The fourth-order valence-electron chi connectivity index (χ4n) is 2.71. The van der Waals surface area contributed by atoms with Gasteiger partial charge in [-0.2, -0.15) is 0 Å². The quantitative estimate of drug-likeness (QED) is 0.758. The molecular formula is C18H20N2O2. The van der Waals surface area contributed by atoms with E-state index in [2.05, 4.69) is 35.8 Å². The molecule has 0 bridgehead atoms. The number of aromatic nitrogens is 1. The summed E-state index contributed by atoms with van der Waals surface area (Å²) in [6, 6.07) is 15.3. The summed E-state index contributed by atoms with van der Waals surface area (Å²) < 4.78 is 8.03. The average Bonchev–Trinajstić information content (AvgIpc) is 2.89. The monoisotopic (exact) mass is 296 g/mol. The van der Waals surface area contributed by atoms with E-state index in [0.29, 0.717) is 18.9 Å². The van der Waals surface area contributed by atoms with Gasteiger partial charge in [-0.15, -0.1) is 0 Å². The molecule has 0 saturated heterocycles. The maximum Gasteiger partial charge on any atom is 0.128 e. The Balaban J connectivity index is 1.90. The smallest absolute Gasteiger partial charge is 0.128 e. The van der Waals surface area contributed by atoms with Crippen LogP contribution in [0.2, 0.25) is 0 Å². The summed E-state index contributed by atoms with van der Waals surface area (Å²) in [5.41, 5.74) is 9.14. The van der Waals surface area contributed by atoms with Crippen LogP contribution in [0.25, 0.3) is 10.9 Å². The summed E-state index contributed by atoms with van der Waals surface area (Å²) in [5, 5.41) is 10.7. The average molecular weight is 296 g/mol. The number of nitrogens with two attached hydrogens (primary N) is 1. The van der Waals surface area contributed by atoms with Gasteiger partial charge < -0.3 is 20.1 Å². The van der Waals surface area contributed by atoms with E-state index in [1.807, 2.05) is 6.07 Å². The van der Waals surface area contributed by atoms with Gasteiger partial charge in [0.1, 0.15) is 18.1 Å². The molecule has 4 nitrogen and oxygen atoms in total. The number of phenolic OH excluding ortho intramolecular Hbond substituents is 1. The van der Waals surface area contributed by atoms with Crippen molar-refractivity contribution in [3.05, 3.63) is 59.8 Å². The highest BCUT2D eigenvalue weighted by Crippen LogP contribution is 2.24. The largest absolute Gasteiger partial charge is 0.508 e. The van der Waals surface area contributed by atoms with Gasteiger partial charge in [0.2, 0.25) is 0 Å². The van der Waals surface area contributed by atoms with E-state index in [1.165, 1.54) is 10.9 Å². The number of hydrogen-bond donors (Lipinski definition) is 2. The molecule has 1 heterocycles. The summed E-state index contributed by atoms with van der Waals surface area (Å²) in [6.07, 6.45) is 0. The van der Waals surface area contributed by atoms with Gasteiger partial charge in [-0.25, -0.2) is 0 Å². The third kappa shape index (κ3) is 2.78. The first-order chi connectivity index (χ1) is 10.7. The minimum Gasteiger partial charge on any atom is -0.508 e. The molecule has 0 spiro atoms. The first-order valence-electron chi connectivity index (χ1n) is 7.44. The fraction of sp³-hybridized carbons (Fsp3) is 0.222. The van der Waals surface area contributed by atoms with Gasteiger partial charge in [-0.1, -0.05) is 18.2 Å². The number of benzene rings is 2. The Hall–Kier alpha value is -2.46. The van der Waals surface area contributed by atoms with Crippen LogP contribution >= 0.6 is 0 Å². The van der Waals surface area contributed by atoms with Gasteiger partial charge in [0.15, 0.2) is 0 Å². The van der Waals surface area contributed by atoms with Crippen molar-refractivity contribution < 1.29 is 9.84 Å². The molecule has 4 heteroatoms. The molecule has 0 saturated carbocycles. The Morgan fingerprint density at radius 3 is 2.73 bits per heavy atom. The number of nitrogens with zero attached hydrogens (tertiary/aromatic N) is 1. The Morgan fingerprint density at radius 1 is 1.14 bits per heavy atom. The Morgan fingerprint density at radius 2 is 2.00 bits per heavy atom. The third-order valence-corrected chi connectivity index (χ3v) is 3.81. The maximum atomic E-state index is 9.49. The predicted octanol–water partition coefficient (Wildman–Crippen LogP) is 3.40. The number of rotatable bonds is 5. The summed E-state index contributed by atoms with van der Waals surface area (Å²) >= 11 is 0. The summed E-state index contributed by atoms with van der Waals surface area (Å²) in [4.78, 5) is 0. The lowest BCUT2D eigenvalue weighted by atomic mass is 10.1. The molecule has 0 aliphatic carbocycles. The first-order valence-corrected chi connectivity index (χ1v) is 7.44. The molecule has 3 rings (SSSR count). The van der Waals surface area contributed by atoms with Crippen LogP contribution in [0.5, 0.6) is 11.5 Å². The minimum absolute atomic E-state index is 0.209. The molecule has 3 N–H and O–H groups in total. The predicted molar refractivity (Wildman–Crippen MR) is 87.9 cm³/mol. The number of fused-ring (bicyclic) bond motifs is 1. The molecule has 2 aromatic carbocycles. The third-order valence-electron chi connectivity index (χ3n) is 3.81. The number of ether oxygens (including phenoxy) is 1. The van der Waals surface area contributed by atoms with E-state index in [0.717, 1.165) is 17.8 Å². The lowest BCUT2D eigenvalue weighted by Gasteiger charge is -2.10. The standard InChI is InChI=1S/C18H20N2O2/c1-2-20-15(12-22-17-5-3-4-16(21)10-17)9-14-7-6-13(11-19)8-18(14)20/h3-10,21H,2,11-12,19H2,1H3. The van der Waals surface area contributed by atoms with E-state index in [4.69, 9.17) is 10.5 Å². The van der Waals surface area contributed by atoms with Gasteiger partial charge >= 0.3 is 0 Å². The zero-order chi connectivity index (χ0) is 15.5. The van der Waals surface area contributed by atoms with Crippen molar-refractivity contribution >= 4 is 10.9 Å². The number of aryl methyl sites for hydroxylation is 1. The molecule has 22 heavy (non-hydrogen) atoms. The van der Waals surface area contributed by atoms with Crippen molar-refractivity contribution in [3.8, 4) is 11.5 Å². The van der Waals surface area contributed by atoms with Crippen molar-refractivity contribution in [2.24, 2.45) is 5.73 Å². The number of hydrogen-bond acceptors (Lipinski definition) is 3. The summed E-state index contributed by atoms with van der Waals surface area (Å²) in [6.45, 7) is 3.99. The maximum absolute atomic E-state index is 9.49. The van der Waals surface area contributed by atoms with Crippen LogP contribution in [0.4, 0.5) is 0 Å². The van der Waals surface area contributed by atoms with E-state index in [-0.39, 0.29) is 5.75 Å². The van der Waals surface area contributed by atoms with Crippen LogP contribution in [0.15, 0.2) is 48.5 Å². The molecule has 114 valence electrons. The second-order valence-corrected chi connectivity index (χ2v) is 5.26. The Bertz CT molecular complexity index is 793. The van der Waals surface area contributed by atoms with Crippen LogP contribution < -0.4 is 10.5 Å². The van der Waals surface area contributed by atoms with Crippen LogP contribution in [0, 0.1) is 0 Å². The van der Waals surface area contributed by atoms with Crippen LogP contribution in [0.3, 0.4) is 0 Å². The minimum atomic E-state index is 0.209. The molecule has 0 amide bonds. The zero-order valence-corrected chi connectivity index (χ0v) is 12.6. The van der Waals surface area contributed by atoms with E-state index in [9.17, 15) is 5.11 Å². The van der Waals surface area contributed by atoms with Crippen LogP contribution in [-0.2, 0) is 19.7 Å². The lowest BCUT2D eigenvalue weighted by molar-refractivity contribution is 0.294. The summed E-state index contributed by atoms with van der Waals surface area (Å²) in [5.74, 6) is 0.872. The summed E-state index contributed by atoms with van der Waals surface area (Å²) in [7, 11) is 0. The molecule has 1 aromatic heterocycles. The van der Waals surface area contributed by atoms with Crippen molar-refractivity contribution in [1.82, 2.24) is 4.57 Å². The molecule has 0 unspecified atom stereocenters. The zero-order valence-electron chi connectivity index (χ0n) is 12.6. The Kier molecular flexibility index (Phi) is 4.02. The van der Waals surface area contributed by atoms with Gasteiger partial charge in [0, 0.05) is 30.1 Å². The van der Waals surface area contributed by atoms with Crippen molar-refractivity contribution in [3.63, 3.8) is 0 Å². The molecule has 0 aliphatic rings. The normalized spacial score (nSPS) is 11.0. The van der Waals surface area contributed by atoms with Crippen molar-refractivity contribution in [1.29, 1.82) is 0 Å². The fourth-order valence-corrected chi connectivity index (χ4v) is 2.71. The first kappa shape index (κ1) is 14.5. The highest BCUT2D eigenvalue weighted by molar-refractivity contribution is 5.82. The number of phenols is 1. The second-order valence-electron chi connectivity index (χ2n) is 5.26. The second kappa shape index (κ2) is 6.12. The highest BCUT2D eigenvalue weighted by atomic mass is 16.5. The van der Waals surface area contributed by atoms with Crippen LogP contribution in [-0.4, -0.2) is 9.67 Å². The highest BCUT2D eigenvalue weighted by Gasteiger charge is 2.09. The van der Waals surface area contributed by atoms with E-state index >= 15 is 0 Å². The van der Waals surface area contributed by atoms with Gasteiger partial charge in [0.25, 0.3) is 0 Å². The van der Waals surface area contributed by atoms with Crippen molar-refractivity contribution in [2.45, 2.75) is 26.6 Å². The molecule has 0 aliphatic heterocycles. The van der Waals surface area contributed by atoms with Crippen molar-refractivity contribution in [2.75, 3.05) is 0 Å². The van der Waals surface area contributed by atoms with Gasteiger partial charge in [-0.05, 0) is 36.8 Å². The molecule has 0 atom stereocenters. The Labute approximate surface area is 129 Å². The lowest BCUT2D eigenvalue weighted by Crippen LogP contribution is -2.05. The van der Waals surface area contributed by atoms with Crippen LogP contribution in [0.1, 0.15) is 18.2 Å². The number of aromatic hydroxyl groups is 1. The van der Waals surface area contributed by atoms with E-state index in [1.54, 1.807) is 18.2 Å². The molecule has 0 radical (unpaired) electrons. The van der Waals surface area contributed by atoms with Gasteiger partial charge in [0.05, 0.1) is 5.69 Å². The molecule has 0 fully saturated rings. The van der Waals surface area contributed by atoms with Gasteiger partial charge in [-0.3, -0.25) is 0 Å². The molecule has 3 aromatic rings. The SMILES string of the molecule is CCn1c(COc2cccc(O)c2)cc2ccc(CN)cc21. The molecular weight excluding hydrogens is 276 g/mol. The topological polar surface area (TPSA) is 60.4 Å².